The van der Waals surface area contributed by atoms with Crippen LogP contribution in [0.1, 0.15) is 15.9 Å². The van der Waals surface area contributed by atoms with Gasteiger partial charge in [0.2, 0.25) is 0 Å². The number of nitrogens with zero attached hydrogens (tertiary/aromatic N) is 1. The Morgan fingerprint density at radius 1 is 1.35 bits per heavy atom. The zero-order valence-corrected chi connectivity index (χ0v) is 11.7. The molecule has 0 bridgehead atoms. The highest BCUT2D eigenvalue weighted by atomic mass is 32.2. The second-order valence-electron chi connectivity index (χ2n) is 3.64. The maximum atomic E-state index is 11.2. The number of benzene rings is 1. The third-order valence-electron chi connectivity index (χ3n) is 2.10. The summed E-state index contributed by atoms with van der Waals surface area (Å²) in [6.07, 6.45) is 0. The van der Waals surface area contributed by atoms with Crippen LogP contribution in [0.25, 0.3) is 0 Å². The van der Waals surface area contributed by atoms with E-state index in [-0.39, 0.29) is 5.97 Å². The summed E-state index contributed by atoms with van der Waals surface area (Å²) in [5.74, 6) is 0.492. The van der Waals surface area contributed by atoms with Gasteiger partial charge in [0.25, 0.3) is 0 Å². The molecule has 5 heteroatoms. The van der Waals surface area contributed by atoms with Crippen molar-refractivity contribution in [3.8, 4) is 0 Å². The van der Waals surface area contributed by atoms with E-state index < -0.39 is 0 Å². The number of hydrogen-bond donors (Lipinski definition) is 0. The van der Waals surface area contributed by atoms with Crippen LogP contribution in [0, 0.1) is 0 Å². The SMILES string of the molecule is COC(=O)c1ccc(CSC(=S)N(C)C)cc1. The molecule has 0 aliphatic carbocycles. The molecular formula is C12H15NO2S2. The van der Waals surface area contributed by atoms with Gasteiger partial charge in [-0.05, 0) is 17.7 Å². The number of methoxy groups -OCH3 is 1. The molecule has 0 fully saturated rings. The van der Waals surface area contributed by atoms with Crippen molar-refractivity contribution in [1.29, 1.82) is 0 Å². The first-order chi connectivity index (χ1) is 8.04. The van der Waals surface area contributed by atoms with Crippen LogP contribution in [0.15, 0.2) is 24.3 Å². The standard InChI is InChI=1S/C12H15NO2S2/c1-13(2)12(16)17-8-9-4-6-10(7-5-9)11(14)15-3/h4-7H,8H2,1-3H3. The molecule has 0 amide bonds. The minimum absolute atomic E-state index is 0.312. The summed E-state index contributed by atoms with van der Waals surface area (Å²) >= 11 is 6.78. The topological polar surface area (TPSA) is 29.5 Å². The van der Waals surface area contributed by atoms with Crippen molar-refractivity contribution in [2.75, 3.05) is 21.2 Å². The van der Waals surface area contributed by atoms with Crippen molar-refractivity contribution >= 4 is 34.3 Å². The lowest BCUT2D eigenvalue weighted by Crippen LogP contribution is -2.16. The van der Waals surface area contributed by atoms with Gasteiger partial charge in [0.05, 0.1) is 12.7 Å². The maximum Gasteiger partial charge on any atom is 0.337 e. The van der Waals surface area contributed by atoms with Gasteiger partial charge < -0.3 is 9.64 Å². The van der Waals surface area contributed by atoms with Crippen LogP contribution in [-0.4, -0.2) is 36.4 Å². The molecule has 0 heterocycles. The fourth-order valence-corrected chi connectivity index (χ4v) is 2.05. The van der Waals surface area contributed by atoms with E-state index in [4.69, 9.17) is 12.2 Å². The van der Waals surface area contributed by atoms with E-state index in [0.29, 0.717) is 5.56 Å². The van der Waals surface area contributed by atoms with Gasteiger partial charge in [-0.2, -0.15) is 0 Å². The predicted molar refractivity (Wildman–Crippen MR) is 75.4 cm³/mol. The first kappa shape index (κ1) is 14.0. The summed E-state index contributed by atoms with van der Waals surface area (Å²) in [5, 5.41) is 0. The van der Waals surface area contributed by atoms with E-state index in [1.54, 1.807) is 23.9 Å². The molecule has 1 aromatic rings. The molecule has 1 aromatic carbocycles. The number of ether oxygens (including phenoxy) is 1. The lowest BCUT2D eigenvalue weighted by atomic mass is 10.1. The number of rotatable bonds is 3. The Labute approximate surface area is 111 Å². The number of thioether (sulfide) groups is 1. The number of carbonyl (C=O) groups excluding carboxylic acids is 1. The second kappa shape index (κ2) is 6.61. The summed E-state index contributed by atoms with van der Waals surface area (Å²) in [4.78, 5) is 13.1. The Hall–Kier alpha value is -1.07. The minimum atomic E-state index is -0.312. The average molecular weight is 269 g/mol. The molecule has 0 atom stereocenters. The minimum Gasteiger partial charge on any atom is -0.465 e. The van der Waals surface area contributed by atoms with Crippen LogP contribution in [0.4, 0.5) is 0 Å². The molecule has 0 radical (unpaired) electrons. The summed E-state index contributed by atoms with van der Waals surface area (Å²) in [7, 11) is 5.23. The smallest absolute Gasteiger partial charge is 0.337 e. The molecule has 0 spiro atoms. The Bertz CT molecular complexity index is 401. The molecule has 3 nitrogen and oxygen atoms in total. The molecule has 0 N–H and O–H groups in total. The van der Waals surface area contributed by atoms with E-state index in [1.165, 1.54) is 7.11 Å². The van der Waals surface area contributed by atoms with Gasteiger partial charge in [-0.25, -0.2) is 4.79 Å². The van der Waals surface area contributed by atoms with Crippen LogP contribution >= 0.6 is 24.0 Å². The van der Waals surface area contributed by atoms with E-state index in [9.17, 15) is 4.79 Å². The molecule has 0 aliphatic heterocycles. The molecule has 92 valence electrons. The molecular weight excluding hydrogens is 254 g/mol. The summed E-state index contributed by atoms with van der Waals surface area (Å²) in [6, 6.07) is 7.36. The maximum absolute atomic E-state index is 11.2. The lowest BCUT2D eigenvalue weighted by molar-refractivity contribution is 0.0601. The van der Waals surface area contributed by atoms with E-state index in [0.717, 1.165) is 15.6 Å². The van der Waals surface area contributed by atoms with Crippen LogP contribution < -0.4 is 0 Å². The molecule has 0 aromatic heterocycles. The van der Waals surface area contributed by atoms with Crippen molar-refractivity contribution in [3.63, 3.8) is 0 Å². The molecule has 0 aliphatic rings. The van der Waals surface area contributed by atoms with Gasteiger partial charge in [0, 0.05) is 19.8 Å². The van der Waals surface area contributed by atoms with Crippen molar-refractivity contribution in [2.45, 2.75) is 5.75 Å². The van der Waals surface area contributed by atoms with E-state index >= 15 is 0 Å². The summed E-state index contributed by atoms with van der Waals surface area (Å²) in [5.41, 5.74) is 1.70. The third-order valence-corrected chi connectivity index (χ3v) is 3.91. The first-order valence-electron chi connectivity index (χ1n) is 5.06. The van der Waals surface area contributed by atoms with Crippen LogP contribution in [0.3, 0.4) is 0 Å². The van der Waals surface area contributed by atoms with Crippen molar-refractivity contribution < 1.29 is 9.53 Å². The molecule has 0 saturated heterocycles. The van der Waals surface area contributed by atoms with Crippen molar-refractivity contribution in [1.82, 2.24) is 4.90 Å². The van der Waals surface area contributed by atoms with Crippen LogP contribution in [-0.2, 0) is 10.5 Å². The highest BCUT2D eigenvalue weighted by Crippen LogP contribution is 2.16. The van der Waals surface area contributed by atoms with Crippen molar-refractivity contribution in [3.05, 3.63) is 35.4 Å². The zero-order valence-electron chi connectivity index (χ0n) is 10.1. The predicted octanol–water partition coefficient (Wildman–Crippen LogP) is 2.55. The Morgan fingerprint density at radius 2 is 1.94 bits per heavy atom. The fraction of sp³-hybridized carbons (Fsp3) is 0.333. The van der Waals surface area contributed by atoms with Crippen molar-refractivity contribution in [2.24, 2.45) is 0 Å². The van der Waals surface area contributed by atoms with E-state index in [1.807, 2.05) is 31.1 Å². The largest absolute Gasteiger partial charge is 0.465 e. The third kappa shape index (κ3) is 4.36. The van der Waals surface area contributed by atoms with Gasteiger partial charge in [0.1, 0.15) is 4.32 Å². The number of esters is 1. The summed E-state index contributed by atoms with van der Waals surface area (Å²) in [6.45, 7) is 0. The zero-order chi connectivity index (χ0) is 12.8. The number of carbonyl (C=O) groups is 1. The van der Waals surface area contributed by atoms with Gasteiger partial charge in [-0.3, -0.25) is 0 Å². The van der Waals surface area contributed by atoms with Gasteiger partial charge >= 0.3 is 5.97 Å². The Kier molecular flexibility index (Phi) is 5.44. The Balaban J connectivity index is 2.57. The molecule has 0 unspecified atom stereocenters. The lowest BCUT2D eigenvalue weighted by Gasteiger charge is -2.12. The van der Waals surface area contributed by atoms with Crippen LogP contribution in [0.2, 0.25) is 0 Å². The summed E-state index contributed by atoms with van der Waals surface area (Å²) < 4.78 is 5.48. The highest BCUT2D eigenvalue weighted by molar-refractivity contribution is 8.22. The fourth-order valence-electron chi connectivity index (χ4n) is 1.13. The Morgan fingerprint density at radius 3 is 2.41 bits per heavy atom. The van der Waals surface area contributed by atoms with Crippen LogP contribution in [0.5, 0.6) is 0 Å². The molecule has 0 saturated carbocycles. The molecule has 1 rings (SSSR count). The number of thiocarbonyl (C=S) groups is 1. The van der Waals surface area contributed by atoms with Gasteiger partial charge in [0.15, 0.2) is 0 Å². The number of hydrogen-bond acceptors (Lipinski definition) is 4. The highest BCUT2D eigenvalue weighted by Gasteiger charge is 2.05. The average Bonchev–Trinajstić information content (AvgIpc) is 2.35. The normalized spacial score (nSPS) is 9.82. The van der Waals surface area contributed by atoms with E-state index in [2.05, 4.69) is 4.74 Å². The quantitative estimate of drug-likeness (QED) is 0.621. The second-order valence-corrected chi connectivity index (χ2v) is 5.25. The molecule has 17 heavy (non-hydrogen) atoms. The first-order valence-corrected chi connectivity index (χ1v) is 6.45. The monoisotopic (exact) mass is 269 g/mol. The van der Waals surface area contributed by atoms with Gasteiger partial charge in [-0.1, -0.05) is 36.1 Å². The van der Waals surface area contributed by atoms with Gasteiger partial charge in [-0.15, -0.1) is 0 Å².